The molecule has 0 heterocycles. The van der Waals surface area contributed by atoms with Gasteiger partial charge in [-0.25, -0.2) is 4.79 Å². The summed E-state index contributed by atoms with van der Waals surface area (Å²) in [5.41, 5.74) is -0.259. The zero-order valence-electron chi connectivity index (χ0n) is 12.6. The van der Waals surface area contributed by atoms with Crippen molar-refractivity contribution in [3.63, 3.8) is 0 Å². The average molecular weight is 258 g/mol. The van der Waals surface area contributed by atoms with Crippen LogP contribution in [-0.4, -0.2) is 25.2 Å². The fourth-order valence-corrected chi connectivity index (χ4v) is 0.947. The van der Waals surface area contributed by atoms with Gasteiger partial charge in [-0.2, -0.15) is 0 Å². The first-order valence-corrected chi connectivity index (χ1v) is 6.26. The Balaban J connectivity index is 4.04. The van der Waals surface area contributed by atoms with E-state index in [0.29, 0.717) is 6.61 Å². The second-order valence-electron chi connectivity index (χ2n) is 6.92. The molecule has 0 aromatic rings. The van der Waals surface area contributed by atoms with Crippen molar-refractivity contribution in [2.75, 3.05) is 13.2 Å². The van der Waals surface area contributed by atoms with Crippen LogP contribution < -0.4 is 0 Å². The third-order valence-corrected chi connectivity index (χ3v) is 2.65. The van der Waals surface area contributed by atoms with E-state index in [4.69, 9.17) is 9.47 Å². The number of carbonyl (C=O) groups is 2. The molecule has 106 valence electrons. The summed E-state index contributed by atoms with van der Waals surface area (Å²) in [4.78, 5) is 23.0. The molecule has 0 saturated carbocycles. The predicted molar refractivity (Wildman–Crippen MR) is 70.0 cm³/mol. The van der Waals surface area contributed by atoms with Crippen molar-refractivity contribution in [3.05, 3.63) is 0 Å². The van der Waals surface area contributed by atoms with Crippen LogP contribution >= 0.6 is 0 Å². The number of esters is 2. The molecule has 4 heteroatoms. The smallest absolute Gasteiger partial charge is 0.344 e. The van der Waals surface area contributed by atoms with Gasteiger partial charge in [0.1, 0.15) is 0 Å². The van der Waals surface area contributed by atoms with Gasteiger partial charge in [-0.05, 0) is 10.8 Å². The second kappa shape index (κ2) is 6.21. The summed E-state index contributed by atoms with van der Waals surface area (Å²) in [6.07, 6.45) is 0. The Morgan fingerprint density at radius 3 is 1.89 bits per heavy atom. The molecule has 0 aromatic heterocycles. The van der Waals surface area contributed by atoms with E-state index in [1.165, 1.54) is 0 Å². The monoisotopic (exact) mass is 258 g/mol. The molecule has 4 nitrogen and oxygen atoms in total. The Morgan fingerprint density at radius 1 is 1.00 bits per heavy atom. The van der Waals surface area contributed by atoms with Gasteiger partial charge in [0.15, 0.2) is 6.61 Å². The summed E-state index contributed by atoms with van der Waals surface area (Å²) in [6.45, 7) is 13.6. The Labute approximate surface area is 110 Å². The summed E-state index contributed by atoms with van der Waals surface area (Å²) >= 11 is 0. The van der Waals surface area contributed by atoms with Crippen molar-refractivity contribution >= 4 is 11.9 Å². The van der Waals surface area contributed by atoms with E-state index >= 15 is 0 Å². The highest BCUT2D eigenvalue weighted by Crippen LogP contribution is 2.26. The van der Waals surface area contributed by atoms with E-state index < -0.39 is 5.97 Å². The van der Waals surface area contributed by atoms with Crippen molar-refractivity contribution in [2.24, 2.45) is 16.7 Å². The molecule has 0 aromatic carbocycles. The summed E-state index contributed by atoms with van der Waals surface area (Å²) < 4.78 is 9.95. The Hall–Kier alpha value is -1.06. The largest absolute Gasteiger partial charge is 0.463 e. The lowest BCUT2D eigenvalue weighted by Crippen LogP contribution is -2.30. The van der Waals surface area contributed by atoms with Crippen LogP contribution in [0.1, 0.15) is 48.5 Å². The van der Waals surface area contributed by atoms with E-state index in [2.05, 4.69) is 0 Å². The minimum absolute atomic E-state index is 0.0850. The molecule has 0 N–H and O–H groups in total. The van der Waals surface area contributed by atoms with E-state index in [0.717, 1.165) is 0 Å². The molecule has 0 aliphatic rings. The lowest BCUT2D eigenvalue weighted by atomic mass is 9.82. The summed E-state index contributed by atoms with van der Waals surface area (Å²) in [5, 5.41) is 0. The zero-order chi connectivity index (χ0) is 14.6. The highest BCUT2D eigenvalue weighted by Gasteiger charge is 2.28. The third-order valence-electron chi connectivity index (χ3n) is 2.65. The Morgan fingerprint density at radius 2 is 1.50 bits per heavy atom. The minimum atomic E-state index is -0.501. The predicted octanol–water partition coefficient (Wildman–Crippen LogP) is 2.80. The quantitative estimate of drug-likeness (QED) is 0.728. The number of hydrogen-bond donors (Lipinski definition) is 0. The van der Waals surface area contributed by atoms with Gasteiger partial charge in [0.05, 0.1) is 12.5 Å². The fraction of sp³-hybridized carbons (Fsp3) is 0.857. The van der Waals surface area contributed by atoms with Crippen molar-refractivity contribution in [2.45, 2.75) is 48.5 Å². The first kappa shape index (κ1) is 16.9. The molecule has 1 atom stereocenters. The lowest BCUT2D eigenvalue weighted by Gasteiger charge is -2.25. The molecule has 0 aliphatic heterocycles. The third kappa shape index (κ3) is 7.30. The summed E-state index contributed by atoms with van der Waals surface area (Å²) in [6, 6.07) is 0. The van der Waals surface area contributed by atoms with Gasteiger partial charge in [0, 0.05) is 0 Å². The highest BCUT2D eigenvalue weighted by molar-refractivity contribution is 5.78. The molecule has 18 heavy (non-hydrogen) atoms. The molecule has 0 amide bonds. The number of carbonyl (C=O) groups excluding carboxylic acids is 2. The minimum Gasteiger partial charge on any atom is -0.463 e. The van der Waals surface area contributed by atoms with Gasteiger partial charge < -0.3 is 9.47 Å². The first-order valence-electron chi connectivity index (χ1n) is 6.26. The van der Waals surface area contributed by atoms with E-state index in [1.54, 1.807) is 6.92 Å². The molecule has 0 bridgehead atoms. The van der Waals surface area contributed by atoms with Crippen LogP contribution in [0.2, 0.25) is 0 Å². The standard InChI is InChI=1S/C14H26O4/c1-10(14(5,6)7)12(16)17-8-11(15)18-9-13(2,3)4/h10H,8-9H2,1-7H3. The highest BCUT2D eigenvalue weighted by atomic mass is 16.6. The zero-order valence-corrected chi connectivity index (χ0v) is 12.6. The lowest BCUT2D eigenvalue weighted by molar-refractivity contribution is -0.164. The van der Waals surface area contributed by atoms with Crippen LogP contribution in [0.15, 0.2) is 0 Å². The molecule has 0 rings (SSSR count). The van der Waals surface area contributed by atoms with Crippen molar-refractivity contribution < 1.29 is 19.1 Å². The first-order chi connectivity index (χ1) is 7.93. The Kier molecular flexibility index (Phi) is 5.84. The van der Waals surface area contributed by atoms with E-state index in [1.807, 2.05) is 41.5 Å². The average Bonchev–Trinajstić information content (AvgIpc) is 2.19. The molecule has 0 spiro atoms. The van der Waals surface area contributed by atoms with E-state index in [-0.39, 0.29) is 29.3 Å². The maximum Gasteiger partial charge on any atom is 0.344 e. The topological polar surface area (TPSA) is 52.6 Å². The summed E-state index contributed by atoms with van der Waals surface area (Å²) in [5.74, 6) is -1.12. The van der Waals surface area contributed by atoms with Gasteiger partial charge >= 0.3 is 11.9 Å². The van der Waals surface area contributed by atoms with Crippen molar-refractivity contribution in [1.29, 1.82) is 0 Å². The normalized spacial score (nSPS) is 13.9. The van der Waals surface area contributed by atoms with Crippen molar-refractivity contribution in [3.8, 4) is 0 Å². The maximum absolute atomic E-state index is 11.7. The SMILES string of the molecule is CC(C(=O)OCC(=O)OCC(C)(C)C)C(C)(C)C. The van der Waals surface area contributed by atoms with Crippen LogP contribution in [0.4, 0.5) is 0 Å². The second-order valence-corrected chi connectivity index (χ2v) is 6.92. The molecule has 0 aliphatic carbocycles. The number of rotatable bonds is 4. The van der Waals surface area contributed by atoms with Crippen LogP contribution in [0.5, 0.6) is 0 Å². The number of ether oxygens (including phenoxy) is 2. The van der Waals surface area contributed by atoms with Gasteiger partial charge in [0.25, 0.3) is 0 Å². The van der Waals surface area contributed by atoms with Crippen LogP contribution in [0, 0.1) is 16.7 Å². The molecule has 0 radical (unpaired) electrons. The molecular weight excluding hydrogens is 232 g/mol. The molecule has 0 fully saturated rings. The van der Waals surface area contributed by atoms with Crippen LogP contribution in [0.25, 0.3) is 0 Å². The molecule has 0 saturated heterocycles. The summed E-state index contributed by atoms with van der Waals surface area (Å²) in [7, 11) is 0. The van der Waals surface area contributed by atoms with Gasteiger partial charge in [-0.3, -0.25) is 4.79 Å². The van der Waals surface area contributed by atoms with Gasteiger partial charge in [-0.15, -0.1) is 0 Å². The van der Waals surface area contributed by atoms with E-state index in [9.17, 15) is 9.59 Å². The maximum atomic E-state index is 11.7. The van der Waals surface area contributed by atoms with Crippen molar-refractivity contribution in [1.82, 2.24) is 0 Å². The Bertz CT molecular complexity index is 294. The van der Waals surface area contributed by atoms with Crippen LogP contribution in [-0.2, 0) is 19.1 Å². The van der Waals surface area contributed by atoms with Gasteiger partial charge in [-0.1, -0.05) is 48.5 Å². The molecule has 1 unspecified atom stereocenters. The fourth-order valence-electron chi connectivity index (χ4n) is 0.947. The number of hydrogen-bond acceptors (Lipinski definition) is 4. The van der Waals surface area contributed by atoms with Gasteiger partial charge in [0.2, 0.25) is 0 Å². The molecular formula is C14H26O4. The van der Waals surface area contributed by atoms with Crippen LogP contribution in [0.3, 0.4) is 0 Å².